The minimum Gasteiger partial charge on any atom is -0.497 e. The molecule has 0 bridgehead atoms. The molecule has 0 radical (unpaired) electrons. The molecule has 1 aromatic carbocycles. The zero-order chi connectivity index (χ0) is 25.8. The first-order valence-electron chi connectivity index (χ1n) is 12.7. The third-order valence-corrected chi connectivity index (χ3v) is 9.90. The van der Waals surface area contributed by atoms with Crippen LogP contribution in [0.1, 0.15) is 50.2 Å². The van der Waals surface area contributed by atoms with Gasteiger partial charge in [0.15, 0.2) is 0 Å². The van der Waals surface area contributed by atoms with Crippen LogP contribution >= 0.6 is 0 Å². The molecule has 198 valence electrons. The van der Waals surface area contributed by atoms with Gasteiger partial charge in [-0.2, -0.15) is 4.31 Å². The number of amides is 1. The quantitative estimate of drug-likeness (QED) is 0.451. The van der Waals surface area contributed by atoms with Crippen molar-refractivity contribution < 1.29 is 22.7 Å². The molecule has 1 aromatic rings. The standard InChI is InChI=1S/C26H43N3O5S/c1-19-7-8-23(15-19)29-11-9-22(10-12-29)28(5)25(30)18-34-14-13-27(4)35(31,32)26-20(2)16-24(33-6)17-21(26)3/h16-17,19,22-23H,7-15,18H2,1-6H3. The second kappa shape index (κ2) is 12.0. The first-order chi connectivity index (χ1) is 16.5. The van der Waals surface area contributed by atoms with Gasteiger partial charge in [0.1, 0.15) is 12.4 Å². The number of hydrogen-bond donors (Lipinski definition) is 0. The molecular weight excluding hydrogens is 466 g/mol. The molecule has 8 nitrogen and oxygen atoms in total. The number of likely N-dealkylation sites (N-methyl/N-ethyl adjacent to an activating group) is 2. The topological polar surface area (TPSA) is 79.4 Å². The number of nitrogens with zero attached hydrogens (tertiary/aromatic N) is 3. The van der Waals surface area contributed by atoms with Crippen LogP contribution in [0, 0.1) is 19.8 Å². The van der Waals surface area contributed by atoms with Crippen LogP contribution in [0.4, 0.5) is 0 Å². The Kier molecular flexibility index (Phi) is 9.60. The van der Waals surface area contributed by atoms with E-state index in [2.05, 4.69) is 11.8 Å². The monoisotopic (exact) mass is 509 g/mol. The van der Waals surface area contributed by atoms with Gasteiger partial charge in [-0.15, -0.1) is 0 Å². The maximum absolute atomic E-state index is 13.1. The number of methoxy groups -OCH3 is 1. The summed E-state index contributed by atoms with van der Waals surface area (Å²) in [6, 6.07) is 4.40. The summed E-state index contributed by atoms with van der Waals surface area (Å²) in [6.07, 6.45) is 5.92. The fourth-order valence-corrected chi connectivity index (χ4v) is 7.07. The molecule has 0 N–H and O–H groups in total. The molecule has 3 rings (SSSR count). The lowest BCUT2D eigenvalue weighted by Crippen LogP contribution is -2.48. The molecule has 1 heterocycles. The molecule has 1 aliphatic heterocycles. The molecule has 2 aliphatic rings. The van der Waals surface area contributed by atoms with E-state index in [4.69, 9.17) is 9.47 Å². The molecular formula is C26H43N3O5S. The second-order valence-electron chi connectivity index (χ2n) is 10.3. The van der Waals surface area contributed by atoms with Crippen LogP contribution in [0.2, 0.25) is 0 Å². The maximum Gasteiger partial charge on any atom is 0.248 e. The van der Waals surface area contributed by atoms with Gasteiger partial charge in [0.2, 0.25) is 15.9 Å². The van der Waals surface area contributed by atoms with E-state index in [1.54, 1.807) is 33.1 Å². The number of sulfonamides is 1. The Bertz CT molecular complexity index is 952. The molecule has 1 saturated carbocycles. The molecule has 35 heavy (non-hydrogen) atoms. The van der Waals surface area contributed by atoms with Crippen molar-refractivity contribution in [3.63, 3.8) is 0 Å². The van der Waals surface area contributed by atoms with E-state index < -0.39 is 10.0 Å². The van der Waals surface area contributed by atoms with E-state index in [-0.39, 0.29) is 36.6 Å². The smallest absolute Gasteiger partial charge is 0.248 e. The highest BCUT2D eigenvalue weighted by Gasteiger charge is 2.32. The Hall–Kier alpha value is -1.68. The lowest BCUT2D eigenvalue weighted by molar-refractivity contribution is -0.137. The zero-order valence-corrected chi connectivity index (χ0v) is 23.1. The molecule has 2 unspecified atom stereocenters. The van der Waals surface area contributed by atoms with Gasteiger partial charge >= 0.3 is 0 Å². The summed E-state index contributed by atoms with van der Waals surface area (Å²) >= 11 is 0. The fourth-order valence-electron chi connectivity index (χ4n) is 5.52. The summed E-state index contributed by atoms with van der Waals surface area (Å²) in [7, 11) is 1.28. The predicted octanol–water partition coefficient (Wildman–Crippen LogP) is 3.06. The summed E-state index contributed by atoms with van der Waals surface area (Å²) in [5, 5.41) is 0. The van der Waals surface area contributed by atoms with Crippen LogP contribution in [0.25, 0.3) is 0 Å². The minimum atomic E-state index is -3.68. The van der Waals surface area contributed by atoms with Gasteiger partial charge in [-0.25, -0.2) is 8.42 Å². The van der Waals surface area contributed by atoms with Gasteiger partial charge in [-0.05, 0) is 75.1 Å². The second-order valence-corrected chi connectivity index (χ2v) is 12.3. The van der Waals surface area contributed by atoms with Crippen molar-refractivity contribution in [2.45, 2.75) is 69.9 Å². The van der Waals surface area contributed by atoms with Crippen molar-refractivity contribution in [1.82, 2.24) is 14.1 Å². The fraction of sp³-hybridized carbons (Fsp3) is 0.731. The molecule has 0 aromatic heterocycles. The molecule has 2 atom stereocenters. The van der Waals surface area contributed by atoms with Gasteiger partial charge in [-0.3, -0.25) is 4.79 Å². The number of aryl methyl sites for hydroxylation is 2. The molecule has 2 fully saturated rings. The Labute approximate surface area is 211 Å². The summed E-state index contributed by atoms with van der Waals surface area (Å²) in [4.78, 5) is 17.4. The van der Waals surface area contributed by atoms with Crippen LogP contribution in [0.3, 0.4) is 0 Å². The Morgan fingerprint density at radius 3 is 2.26 bits per heavy atom. The summed E-state index contributed by atoms with van der Waals surface area (Å²) in [5.41, 5.74) is 1.28. The SMILES string of the molecule is COc1cc(C)c(S(=O)(=O)N(C)CCOCC(=O)N(C)C2CCN(C3CCC(C)C3)CC2)c(C)c1. The number of carbonyl (C=O) groups is 1. The van der Waals surface area contributed by atoms with Crippen molar-refractivity contribution in [2.75, 3.05) is 54.1 Å². The zero-order valence-electron chi connectivity index (χ0n) is 22.2. The highest BCUT2D eigenvalue weighted by molar-refractivity contribution is 7.89. The predicted molar refractivity (Wildman–Crippen MR) is 137 cm³/mol. The average Bonchev–Trinajstić information content (AvgIpc) is 3.26. The normalized spacial score (nSPS) is 22.0. The van der Waals surface area contributed by atoms with Gasteiger partial charge in [0.25, 0.3) is 0 Å². The number of likely N-dealkylation sites (tertiary alicyclic amines) is 1. The van der Waals surface area contributed by atoms with Crippen molar-refractivity contribution in [3.05, 3.63) is 23.3 Å². The van der Waals surface area contributed by atoms with E-state index in [1.165, 1.54) is 30.6 Å². The maximum atomic E-state index is 13.1. The van der Waals surface area contributed by atoms with Crippen LogP contribution in [-0.2, 0) is 19.6 Å². The third kappa shape index (κ3) is 6.76. The number of ether oxygens (including phenoxy) is 2. The van der Waals surface area contributed by atoms with Gasteiger partial charge in [0, 0.05) is 45.8 Å². The highest BCUT2D eigenvalue weighted by Crippen LogP contribution is 2.31. The van der Waals surface area contributed by atoms with Crippen LogP contribution in [0.5, 0.6) is 5.75 Å². The van der Waals surface area contributed by atoms with E-state index in [0.29, 0.717) is 22.9 Å². The number of piperidine rings is 1. The largest absolute Gasteiger partial charge is 0.497 e. The third-order valence-electron chi connectivity index (χ3n) is 7.74. The van der Waals surface area contributed by atoms with E-state index in [0.717, 1.165) is 31.8 Å². The minimum absolute atomic E-state index is 0.0364. The van der Waals surface area contributed by atoms with E-state index in [1.807, 2.05) is 11.9 Å². The highest BCUT2D eigenvalue weighted by atomic mass is 32.2. The van der Waals surface area contributed by atoms with Gasteiger partial charge in [0.05, 0.1) is 18.6 Å². The van der Waals surface area contributed by atoms with Crippen LogP contribution in [0.15, 0.2) is 17.0 Å². The van der Waals surface area contributed by atoms with Crippen molar-refractivity contribution in [3.8, 4) is 5.75 Å². The number of benzene rings is 1. The molecule has 1 saturated heterocycles. The van der Waals surface area contributed by atoms with Crippen molar-refractivity contribution in [1.29, 1.82) is 0 Å². The summed E-state index contributed by atoms with van der Waals surface area (Å²) < 4.78 is 38.3. The lowest BCUT2D eigenvalue weighted by Gasteiger charge is -2.39. The Morgan fingerprint density at radius 1 is 1.09 bits per heavy atom. The Morgan fingerprint density at radius 2 is 1.71 bits per heavy atom. The first-order valence-corrected chi connectivity index (χ1v) is 14.2. The molecule has 0 spiro atoms. The molecule has 9 heteroatoms. The van der Waals surface area contributed by atoms with Crippen molar-refractivity contribution >= 4 is 15.9 Å². The summed E-state index contributed by atoms with van der Waals surface area (Å²) in [5.74, 6) is 1.41. The van der Waals surface area contributed by atoms with E-state index in [9.17, 15) is 13.2 Å². The number of rotatable bonds is 10. The summed E-state index contributed by atoms with van der Waals surface area (Å²) in [6.45, 7) is 8.25. The average molecular weight is 510 g/mol. The van der Waals surface area contributed by atoms with Crippen LogP contribution in [-0.4, -0.2) is 94.6 Å². The van der Waals surface area contributed by atoms with Crippen LogP contribution < -0.4 is 4.74 Å². The lowest BCUT2D eigenvalue weighted by atomic mass is 10.0. The Balaban J connectivity index is 1.43. The van der Waals surface area contributed by atoms with Gasteiger partial charge in [-0.1, -0.05) is 6.92 Å². The number of hydrogen-bond acceptors (Lipinski definition) is 6. The van der Waals surface area contributed by atoms with Crippen molar-refractivity contribution in [2.24, 2.45) is 5.92 Å². The number of carbonyl (C=O) groups excluding carboxylic acids is 1. The first kappa shape index (κ1) is 27.9. The van der Waals surface area contributed by atoms with Gasteiger partial charge < -0.3 is 19.3 Å². The molecule has 1 aliphatic carbocycles. The van der Waals surface area contributed by atoms with E-state index >= 15 is 0 Å². The molecule has 1 amide bonds.